The van der Waals surface area contributed by atoms with Gasteiger partial charge in [-0.15, -0.1) is 0 Å². The van der Waals surface area contributed by atoms with Gasteiger partial charge in [-0.3, -0.25) is 4.79 Å². The van der Waals surface area contributed by atoms with E-state index in [0.717, 1.165) is 36.5 Å². The van der Waals surface area contributed by atoms with E-state index in [9.17, 15) is 4.79 Å². The van der Waals surface area contributed by atoms with E-state index in [1.165, 1.54) is 6.33 Å². The zero-order valence-electron chi connectivity index (χ0n) is 20.6. The summed E-state index contributed by atoms with van der Waals surface area (Å²) in [6, 6.07) is 7.79. The lowest BCUT2D eigenvalue weighted by atomic mass is 10.0. The average molecular weight is 496 g/mol. The van der Waals surface area contributed by atoms with Crippen molar-refractivity contribution in [2.45, 2.75) is 27.2 Å². The molecule has 4 N–H and O–H groups in total. The van der Waals surface area contributed by atoms with Crippen LogP contribution >= 0.6 is 11.6 Å². The van der Waals surface area contributed by atoms with Crippen LogP contribution in [0.4, 0.5) is 17.3 Å². The van der Waals surface area contributed by atoms with Gasteiger partial charge in [0.05, 0.1) is 12.1 Å². The van der Waals surface area contributed by atoms with Crippen molar-refractivity contribution < 1.29 is 4.79 Å². The number of allylic oxidation sites excluding steroid dienone is 4. The molecular formula is C26H34ClN7O. The molecule has 3 rings (SSSR count). The second-order valence-corrected chi connectivity index (χ2v) is 8.49. The van der Waals surface area contributed by atoms with Crippen LogP contribution in [0.15, 0.2) is 60.7 Å². The molecule has 9 heteroatoms. The third-order valence-corrected chi connectivity index (χ3v) is 6.02. The first-order valence-corrected chi connectivity index (χ1v) is 12.2. The third kappa shape index (κ3) is 6.76. The number of nitrogen functional groups attached to an aromatic ring is 1. The Labute approximate surface area is 212 Å². The van der Waals surface area contributed by atoms with E-state index in [0.29, 0.717) is 35.3 Å². The molecule has 1 fully saturated rings. The van der Waals surface area contributed by atoms with Gasteiger partial charge in [0, 0.05) is 48.2 Å². The summed E-state index contributed by atoms with van der Waals surface area (Å²) in [4.78, 5) is 25.7. The third-order valence-electron chi connectivity index (χ3n) is 5.77. The number of nitrogens with two attached hydrogens (primary N) is 1. The Morgan fingerprint density at radius 3 is 2.49 bits per heavy atom. The lowest BCUT2D eigenvalue weighted by molar-refractivity contribution is -0.129. The average Bonchev–Trinajstić information content (AvgIpc) is 2.88. The fraction of sp³-hybridized carbons (Fsp3) is 0.346. The Morgan fingerprint density at radius 1 is 1.14 bits per heavy atom. The quantitative estimate of drug-likeness (QED) is 0.446. The second kappa shape index (κ2) is 12.8. The second-order valence-electron chi connectivity index (χ2n) is 8.05. The normalized spacial score (nSPS) is 15.0. The molecule has 35 heavy (non-hydrogen) atoms. The summed E-state index contributed by atoms with van der Waals surface area (Å²) in [7, 11) is 0. The SMILES string of the molecule is C/C=C\NC(=CCC)/C(=C\C)c1c(N)ncnc1NCC(=O)N1CCN(c2ccc(Cl)cc2)CC1. The van der Waals surface area contributed by atoms with E-state index in [1.54, 1.807) is 0 Å². The van der Waals surface area contributed by atoms with E-state index in [-0.39, 0.29) is 12.5 Å². The molecule has 0 bridgehead atoms. The minimum Gasteiger partial charge on any atom is -0.383 e. The molecule has 2 heterocycles. The molecule has 1 amide bonds. The van der Waals surface area contributed by atoms with Gasteiger partial charge >= 0.3 is 0 Å². The minimum absolute atomic E-state index is 0.0160. The summed E-state index contributed by atoms with van der Waals surface area (Å²) in [6.45, 7) is 8.92. The first-order valence-electron chi connectivity index (χ1n) is 11.9. The molecule has 0 radical (unpaired) electrons. The molecule has 0 saturated carbocycles. The number of halogens is 1. The summed E-state index contributed by atoms with van der Waals surface area (Å²) in [5.41, 5.74) is 9.84. The van der Waals surface area contributed by atoms with Crippen LogP contribution < -0.4 is 21.3 Å². The Kier molecular flexibility index (Phi) is 9.55. The number of anilines is 3. The number of carbonyl (C=O) groups excluding carboxylic acids is 1. The number of nitrogens with zero attached hydrogens (tertiary/aromatic N) is 4. The molecule has 0 unspecified atom stereocenters. The van der Waals surface area contributed by atoms with Crippen LogP contribution in [-0.4, -0.2) is 53.5 Å². The molecular weight excluding hydrogens is 462 g/mol. The molecule has 1 aromatic carbocycles. The highest BCUT2D eigenvalue weighted by molar-refractivity contribution is 6.30. The van der Waals surface area contributed by atoms with Crippen LogP contribution in [0, 0.1) is 0 Å². The fourth-order valence-electron chi connectivity index (χ4n) is 3.99. The zero-order chi connectivity index (χ0) is 25.2. The smallest absolute Gasteiger partial charge is 0.242 e. The minimum atomic E-state index is 0.0160. The lowest BCUT2D eigenvalue weighted by Crippen LogP contribution is -2.50. The summed E-state index contributed by atoms with van der Waals surface area (Å²) in [5.74, 6) is 0.897. The van der Waals surface area contributed by atoms with E-state index in [1.807, 2.05) is 61.4 Å². The highest BCUT2D eigenvalue weighted by atomic mass is 35.5. The predicted molar refractivity (Wildman–Crippen MR) is 145 cm³/mol. The van der Waals surface area contributed by atoms with Crippen molar-refractivity contribution in [3.8, 4) is 0 Å². The zero-order valence-corrected chi connectivity index (χ0v) is 21.3. The number of rotatable bonds is 9. The van der Waals surface area contributed by atoms with Crippen molar-refractivity contribution in [1.29, 1.82) is 0 Å². The highest BCUT2D eigenvalue weighted by Crippen LogP contribution is 2.31. The van der Waals surface area contributed by atoms with Gasteiger partial charge in [-0.25, -0.2) is 9.97 Å². The van der Waals surface area contributed by atoms with Crippen molar-refractivity contribution in [1.82, 2.24) is 20.2 Å². The van der Waals surface area contributed by atoms with Gasteiger partial charge in [-0.1, -0.05) is 36.8 Å². The molecule has 0 atom stereocenters. The van der Waals surface area contributed by atoms with Gasteiger partial charge in [0.15, 0.2) is 0 Å². The van der Waals surface area contributed by atoms with Gasteiger partial charge in [-0.2, -0.15) is 0 Å². The van der Waals surface area contributed by atoms with Crippen LogP contribution in [0.3, 0.4) is 0 Å². The number of carbonyl (C=O) groups is 1. The molecule has 2 aromatic rings. The Bertz CT molecular complexity index is 1090. The maximum Gasteiger partial charge on any atom is 0.242 e. The van der Waals surface area contributed by atoms with E-state index >= 15 is 0 Å². The van der Waals surface area contributed by atoms with Crippen LogP contribution in [0.1, 0.15) is 32.8 Å². The van der Waals surface area contributed by atoms with Crippen LogP contribution in [-0.2, 0) is 4.79 Å². The standard InChI is InChI=1S/C26H34ClN7O/c1-4-7-22(29-12-5-2)21(6-3)24-25(28)31-18-32-26(24)30-17-23(35)34-15-13-33(14-16-34)20-10-8-19(27)9-11-20/h5-12,18,29H,4,13-17H2,1-3H3,(H3,28,30,31,32)/b12-5-,21-6+,22-7?. The molecule has 0 aliphatic carbocycles. The van der Waals surface area contributed by atoms with Crippen LogP contribution in [0.25, 0.3) is 5.57 Å². The van der Waals surface area contributed by atoms with Gasteiger partial charge in [0.2, 0.25) is 5.91 Å². The molecule has 8 nitrogen and oxygen atoms in total. The monoisotopic (exact) mass is 495 g/mol. The first kappa shape index (κ1) is 26.1. The summed E-state index contributed by atoms with van der Waals surface area (Å²) in [6.07, 6.45) is 10.1. The van der Waals surface area contributed by atoms with Crippen molar-refractivity contribution in [2.24, 2.45) is 0 Å². The molecule has 1 aromatic heterocycles. The van der Waals surface area contributed by atoms with Crippen LogP contribution in [0.2, 0.25) is 5.02 Å². The summed E-state index contributed by atoms with van der Waals surface area (Å²) >= 11 is 6.00. The number of piperazine rings is 1. The van der Waals surface area contributed by atoms with E-state index in [4.69, 9.17) is 17.3 Å². The number of nitrogens with one attached hydrogen (secondary N) is 2. The predicted octanol–water partition coefficient (Wildman–Crippen LogP) is 4.29. The van der Waals surface area contributed by atoms with Crippen molar-refractivity contribution in [2.75, 3.05) is 48.7 Å². The van der Waals surface area contributed by atoms with Crippen molar-refractivity contribution in [3.05, 3.63) is 71.3 Å². The number of aromatic nitrogens is 2. The van der Waals surface area contributed by atoms with E-state index < -0.39 is 0 Å². The first-order chi connectivity index (χ1) is 17.0. The summed E-state index contributed by atoms with van der Waals surface area (Å²) < 4.78 is 0. The van der Waals surface area contributed by atoms with Crippen LogP contribution in [0.5, 0.6) is 0 Å². The number of hydrogen-bond donors (Lipinski definition) is 3. The summed E-state index contributed by atoms with van der Waals surface area (Å²) in [5, 5.41) is 7.22. The molecule has 1 saturated heterocycles. The van der Waals surface area contributed by atoms with Gasteiger partial charge in [0.1, 0.15) is 18.0 Å². The molecule has 0 spiro atoms. The molecule has 186 valence electrons. The Hall–Kier alpha value is -3.52. The van der Waals surface area contributed by atoms with Gasteiger partial charge < -0.3 is 26.2 Å². The Balaban J connectivity index is 1.68. The molecule has 1 aliphatic rings. The highest BCUT2D eigenvalue weighted by Gasteiger charge is 2.22. The Morgan fingerprint density at radius 2 is 1.86 bits per heavy atom. The van der Waals surface area contributed by atoms with Gasteiger partial charge in [0.25, 0.3) is 0 Å². The number of hydrogen-bond acceptors (Lipinski definition) is 7. The fourth-order valence-corrected chi connectivity index (χ4v) is 4.12. The topological polar surface area (TPSA) is 99.4 Å². The van der Waals surface area contributed by atoms with Gasteiger partial charge in [-0.05, 0) is 50.7 Å². The maximum absolute atomic E-state index is 13.0. The van der Waals surface area contributed by atoms with Crippen molar-refractivity contribution in [3.63, 3.8) is 0 Å². The number of amides is 1. The molecule has 1 aliphatic heterocycles. The largest absolute Gasteiger partial charge is 0.383 e. The van der Waals surface area contributed by atoms with Crippen molar-refractivity contribution >= 4 is 40.4 Å². The lowest BCUT2D eigenvalue weighted by Gasteiger charge is -2.36. The maximum atomic E-state index is 13.0. The van der Waals surface area contributed by atoms with E-state index in [2.05, 4.69) is 38.5 Å². The number of benzene rings is 1.